The Morgan fingerprint density at radius 3 is 2.54 bits per heavy atom. The second-order valence-corrected chi connectivity index (χ2v) is 11.3. The van der Waals surface area contributed by atoms with Crippen LogP contribution in [0.15, 0.2) is 54.6 Å². The zero-order chi connectivity index (χ0) is 26.4. The SMILES string of the molecule is CC(C)(C)N1CC=C[C@]23O[C@@H]4/C=C\CCCCOC(=O)[C@@H]4[C@H]2C(=O)N([C@H](CO)c2ccccc2)C3C1=O. The van der Waals surface area contributed by atoms with Gasteiger partial charge in [0.05, 0.1) is 31.3 Å². The predicted molar refractivity (Wildman–Crippen MR) is 136 cm³/mol. The summed E-state index contributed by atoms with van der Waals surface area (Å²) >= 11 is 0. The highest BCUT2D eigenvalue weighted by Crippen LogP contribution is 2.55. The van der Waals surface area contributed by atoms with Crippen LogP contribution in [0.2, 0.25) is 0 Å². The summed E-state index contributed by atoms with van der Waals surface area (Å²) in [7, 11) is 0. The molecule has 198 valence electrons. The molecule has 4 heterocycles. The van der Waals surface area contributed by atoms with Crippen molar-refractivity contribution in [2.45, 2.75) is 69.4 Å². The van der Waals surface area contributed by atoms with E-state index in [9.17, 15) is 19.5 Å². The first-order chi connectivity index (χ1) is 17.7. The van der Waals surface area contributed by atoms with Crippen LogP contribution in [-0.2, 0) is 23.9 Å². The molecule has 8 heteroatoms. The highest BCUT2D eigenvalue weighted by Gasteiger charge is 2.72. The highest BCUT2D eigenvalue weighted by molar-refractivity contribution is 5.99. The maximum absolute atomic E-state index is 14.4. The lowest BCUT2D eigenvalue weighted by Gasteiger charge is -2.42. The topological polar surface area (TPSA) is 96.4 Å². The molecule has 0 aliphatic carbocycles. The third-order valence-electron chi connectivity index (χ3n) is 8.04. The summed E-state index contributed by atoms with van der Waals surface area (Å²) in [5.41, 5.74) is -1.17. The number of hydrogen-bond acceptors (Lipinski definition) is 6. The number of aliphatic hydroxyl groups is 1. The number of hydrogen-bond donors (Lipinski definition) is 1. The molecule has 0 bridgehead atoms. The minimum atomic E-state index is -1.36. The molecule has 2 saturated heterocycles. The van der Waals surface area contributed by atoms with Gasteiger partial charge in [-0.05, 0) is 45.6 Å². The predicted octanol–water partition coefficient (Wildman–Crippen LogP) is 2.78. The number of esters is 1. The lowest BCUT2D eigenvalue weighted by molar-refractivity contribution is -0.157. The van der Waals surface area contributed by atoms with Gasteiger partial charge in [-0.3, -0.25) is 14.4 Å². The van der Waals surface area contributed by atoms with Gasteiger partial charge in [0.1, 0.15) is 17.6 Å². The van der Waals surface area contributed by atoms with Crippen molar-refractivity contribution >= 4 is 17.8 Å². The van der Waals surface area contributed by atoms with E-state index >= 15 is 0 Å². The number of nitrogens with zero attached hydrogens (tertiary/aromatic N) is 2. The number of aliphatic hydroxyl groups excluding tert-OH is 1. The number of carbonyl (C=O) groups excluding carboxylic acids is 3. The van der Waals surface area contributed by atoms with Crippen molar-refractivity contribution in [1.29, 1.82) is 0 Å². The first-order valence-electron chi connectivity index (χ1n) is 13.2. The Labute approximate surface area is 217 Å². The van der Waals surface area contributed by atoms with Crippen LogP contribution in [0.4, 0.5) is 0 Å². The molecule has 2 fully saturated rings. The summed E-state index contributed by atoms with van der Waals surface area (Å²) in [4.78, 5) is 45.3. The summed E-state index contributed by atoms with van der Waals surface area (Å²) in [5, 5.41) is 10.5. The lowest BCUT2D eigenvalue weighted by atomic mass is 9.77. The van der Waals surface area contributed by atoms with Crippen LogP contribution in [0.3, 0.4) is 0 Å². The van der Waals surface area contributed by atoms with E-state index in [-0.39, 0.29) is 25.0 Å². The van der Waals surface area contributed by atoms with E-state index in [4.69, 9.17) is 9.47 Å². The van der Waals surface area contributed by atoms with E-state index < -0.39 is 47.1 Å². The molecule has 1 aromatic rings. The molecule has 2 amide bonds. The smallest absolute Gasteiger partial charge is 0.312 e. The number of ether oxygens (including phenoxy) is 2. The molecule has 0 aromatic heterocycles. The Hall–Kier alpha value is -2.97. The first-order valence-corrected chi connectivity index (χ1v) is 13.2. The van der Waals surface area contributed by atoms with E-state index in [0.29, 0.717) is 12.1 Å². The van der Waals surface area contributed by atoms with Gasteiger partial charge in [-0.25, -0.2) is 0 Å². The van der Waals surface area contributed by atoms with E-state index in [1.165, 1.54) is 4.90 Å². The fraction of sp³-hybridized carbons (Fsp3) is 0.552. The summed E-state index contributed by atoms with van der Waals surface area (Å²) in [6.07, 6.45) is 9.30. The second-order valence-electron chi connectivity index (χ2n) is 11.3. The van der Waals surface area contributed by atoms with Crippen LogP contribution in [0.1, 0.15) is 51.6 Å². The molecule has 0 saturated carbocycles. The molecule has 0 radical (unpaired) electrons. The van der Waals surface area contributed by atoms with Gasteiger partial charge >= 0.3 is 5.97 Å². The fourth-order valence-electron chi connectivity index (χ4n) is 6.32. The van der Waals surface area contributed by atoms with Gasteiger partial charge in [-0.1, -0.05) is 54.6 Å². The van der Waals surface area contributed by atoms with Crippen LogP contribution >= 0.6 is 0 Å². The van der Waals surface area contributed by atoms with Gasteiger partial charge in [0.15, 0.2) is 0 Å². The number of cyclic esters (lactones) is 1. The van der Waals surface area contributed by atoms with Crippen molar-refractivity contribution in [2.75, 3.05) is 19.8 Å². The van der Waals surface area contributed by atoms with Crippen molar-refractivity contribution in [2.24, 2.45) is 11.8 Å². The molecular weight excluding hydrogens is 472 g/mol. The number of likely N-dealkylation sites (tertiary alicyclic amines) is 1. The molecule has 1 N–H and O–H groups in total. The average molecular weight is 509 g/mol. The Bertz CT molecular complexity index is 1110. The van der Waals surface area contributed by atoms with Crippen LogP contribution in [0.25, 0.3) is 0 Å². The Balaban J connectivity index is 1.68. The van der Waals surface area contributed by atoms with Crippen LogP contribution in [0.5, 0.6) is 0 Å². The maximum atomic E-state index is 14.4. The zero-order valence-corrected chi connectivity index (χ0v) is 21.7. The average Bonchev–Trinajstić information content (AvgIpc) is 3.24. The number of benzene rings is 1. The highest BCUT2D eigenvalue weighted by atomic mass is 16.6. The monoisotopic (exact) mass is 508 g/mol. The van der Waals surface area contributed by atoms with E-state index in [0.717, 1.165) is 19.3 Å². The lowest BCUT2D eigenvalue weighted by Crippen LogP contribution is -2.59. The Kier molecular flexibility index (Phi) is 6.75. The standard InChI is InChI=1S/C29H36N2O6/c1-28(2,3)30-16-11-15-29-23(22-21(37-29)14-9-4-5-10-17-36-27(22)35)25(33)31(24(29)26(30)34)20(18-32)19-12-7-6-8-13-19/h6-9,11-15,20-24,32H,4-5,10,16-18H2,1-3H3/b14-9-/t20-,21-,22+,23+,24?,29+/m1/s1. The quantitative estimate of drug-likeness (QED) is 0.498. The molecule has 4 aliphatic heterocycles. The largest absolute Gasteiger partial charge is 0.465 e. The molecule has 5 rings (SSSR count). The van der Waals surface area contributed by atoms with E-state index in [1.54, 1.807) is 4.90 Å². The van der Waals surface area contributed by atoms with Crippen LogP contribution < -0.4 is 0 Å². The second kappa shape index (κ2) is 9.72. The molecule has 1 spiro atoms. The van der Waals surface area contributed by atoms with Crippen molar-refractivity contribution in [1.82, 2.24) is 9.80 Å². The zero-order valence-electron chi connectivity index (χ0n) is 21.7. The Morgan fingerprint density at radius 1 is 1.08 bits per heavy atom. The Morgan fingerprint density at radius 2 is 1.84 bits per heavy atom. The van der Waals surface area contributed by atoms with Gasteiger partial charge in [-0.15, -0.1) is 0 Å². The maximum Gasteiger partial charge on any atom is 0.312 e. The molecule has 6 atom stereocenters. The van der Waals surface area contributed by atoms with Crippen LogP contribution in [0, 0.1) is 11.8 Å². The van der Waals surface area contributed by atoms with Gasteiger partial charge < -0.3 is 24.4 Å². The minimum absolute atomic E-state index is 0.260. The normalized spacial score (nSPS) is 33.8. The van der Waals surface area contributed by atoms with Gasteiger partial charge in [-0.2, -0.15) is 0 Å². The van der Waals surface area contributed by atoms with Crippen molar-refractivity contribution in [3.05, 3.63) is 60.2 Å². The molecule has 8 nitrogen and oxygen atoms in total. The van der Waals surface area contributed by atoms with Gasteiger partial charge in [0.25, 0.3) is 0 Å². The first kappa shape index (κ1) is 25.7. The third kappa shape index (κ3) is 4.20. The molecule has 1 unspecified atom stereocenters. The fourth-order valence-corrected chi connectivity index (χ4v) is 6.32. The minimum Gasteiger partial charge on any atom is -0.465 e. The molecular formula is C29H36N2O6. The number of amides is 2. The van der Waals surface area contributed by atoms with Gasteiger partial charge in [0, 0.05) is 12.1 Å². The van der Waals surface area contributed by atoms with Crippen molar-refractivity contribution in [3.63, 3.8) is 0 Å². The molecule has 37 heavy (non-hydrogen) atoms. The van der Waals surface area contributed by atoms with Crippen molar-refractivity contribution in [3.8, 4) is 0 Å². The number of allylic oxidation sites excluding steroid dienone is 1. The summed E-state index contributed by atoms with van der Waals surface area (Å²) < 4.78 is 12.3. The van der Waals surface area contributed by atoms with E-state index in [1.807, 2.05) is 75.4 Å². The molecule has 4 aliphatic rings. The number of carbonyl (C=O) groups is 3. The number of rotatable bonds is 3. The summed E-state index contributed by atoms with van der Waals surface area (Å²) in [6.45, 7) is 6.11. The molecule has 1 aromatic carbocycles. The number of fused-ring (bicyclic) bond motifs is 2. The van der Waals surface area contributed by atoms with Crippen molar-refractivity contribution < 1.29 is 29.0 Å². The third-order valence-corrected chi connectivity index (χ3v) is 8.04. The summed E-state index contributed by atoms with van der Waals surface area (Å²) in [5.74, 6) is -2.95. The van der Waals surface area contributed by atoms with E-state index in [2.05, 4.69) is 0 Å². The summed E-state index contributed by atoms with van der Waals surface area (Å²) in [6, 6.07) is 7.38. The van der Waals surface area contributed by atoms with Gasteiger partial charge in [0.2, 0.25) is 11.8 Å². The van der Waals surface area contributed by atoms with Crippen LogP contribution in [-0.4, -0.2) is 75.7 Å².